The molecule has 5 nitrogen and oxygen atoms in total. The molecule has 0 atom stereocenters. The summed E-state index contributed by atoms with van der Waals surface area (Å²) in [6, 6.07) is 7.88. The predicted molar refractivity (Wildman–Crippen MR) is 75.8 cm³/mol. The molecule has 22 heavy (non-hydrogen) atoms. The first-order chi connectivity index (χ1) is 10.5. The summed E-state index contributed by atoms with van der Waals surface area (Å²) < 4.78 is 23.5. The van der Waals surface area contributed by atoms with Gasteiger partial charge in [0.1, 0.15) is 11.3 Å². The minimum absolute atomic E-state index is 0.120. The molecule has 1 N–H and O–H groups in total. The topological polar surface area (TPSA) is 72.8 Å². The van der Waals surface area contributed by atoms with E-state index in [-0.39, 0.29) is 16.9 Å². The Balaban J connectivity index is 2.42. The maximum Gasteiger partial charge on any atom is 0.337 e. The highest BCUT2D eigenvalue weighted by atomic mass is 19.1. The Labute approximate surface area is 125 Å². The number of ether oxygens (including phenoxy) is 2. The van der Waals surface area contributed by atoms with Crippen LogP contribution in [0.15, 0.2) is 36.4 Å². The quantitative estimate of drug-likeness (QED) is 0.694. The first kappa shape index (κ1) is 15.5. The lowest BCUT2D eigenvalue weighted by Gasteiger charge is -2.09. The normalized spacial score (nSPS) is 10.1. The first-order valence-corrected chi connectivity index (χ1v) is 6.28. The van der Waals surface area contributed by atoms with Crippen molar-refractivity contribution in [3.8, 4) is 11.5 Å². The SMILES string of the molecule is COC(=O)c1ccc(C(=O)c2c(O)ccc(OC)c2F)cc1. The van der Waals surface area contributed by atoms with Gasteiger partial charge in [0.25, 0.3) is 0 Å². The molecule has 0 saturated carbocycles. The molecule has 0 radical (unpaired) electrons. The van der Waals surface area contributed by atoms with Crippen molar-refractivity contribution in [2.24, 2.45) is 0 Å². The zero-order valence-electron chi connectivity index (χ0n) is 11.9. The van der Waals surface area contributed by atoms with E-state index in [0.29, 0.717) is 0 Å². The van der Waals surface area contributed by atoms with E-state index in [1.54, 1.807) is 0 Å². The molecule has 0 unspecified atom stereocenters. The number of methoxy groups -OCH3 is 2. The molecule has 0 spiro atoms. The van der Waals surface area contributed by atoms with Crippen LogP contribution in [0.1, 0.15) is 26.3 Å². The molecular weight excluding hydrogens is 291 g/mol. The first-order valence-electron chi connectivity index (χ1n) is 6.28. The third-order valence-corrected chi connectivity index (χ3v) is 3.10. The van der Waals surface area contributed by atoms with Crippen molar-refractivity contribution in [2.75, 3.05) is 14.2 Å². The van der Waals surface area contributed by atoms with Gasteiger partial charge in [0.2, 0.25) is 0 Å². The van der Waals surface area contributed by atoms with Gasteiger partial charge in [-0.3, -0.25) is 4.79 Å². The molecule has 0 heterocycles. The van der Waals surface area contributed by atoms with Crippen LogP contribution in [0, 0.1) is 5.82 Å². The molecule has 0 bridgehead atoms. The van der Waals surface area contributed by atoms with Crippen LogP contribution in [0.4, 0.5) is 4.39 Å². The van der Waals surface area contributed by atoms with Gasteiger partial charge in [0.15, 0.2) is 17.3 Å². The summed E-state index contributed by atoms with van der Waals surface area (Å²) >= 11 is 0. The van der Waals surface area contributed by atoms with Crippen molar-refractivity contribution in [1.29, 1.82) is 0 Å². The largest absolute Gasteiger partial charge is 0.507 e. The summed E-state index contributed by atoms with van der Waals surface area (Å²) in [5, 5.41) is 9.73. The molecule has 0 amide bonds. The fraction of sp³-hybridized carbons (Fsp3) is 0.125. The smallest absolute Gasteiger partial charge is 0.337 e. The fourth-order valence-corrected chi connectivity index (χ4v) is 1.94. The van der Waals surface area contributed by atoms with E-state index in [9.17, 15) is 19.1 Å². The maximum absolute atomic E-state index is 14.2. The lowest BCUT2D eigenvalue weighted by molar-refractivity contribution is 0.0600. The number of rotatable bonds is 4. The van der Waals surface area contributed by atoms with Gasteiger partial charge in [-0.25, -0.2) is 9.18 Å². The van der Waals surface area contributed by atoms with E-state index in [0.717, 1.165) is 0 Å². The highest BCUT2D eigenvalue weighted by Gasteiger charge is 2.22. The van der Waals surface area contributed by atoms with Gasteiger partial charge in [-0.2, -0.15) is 0 Å². The standard InChI is InChI=1S/C16H13FO5/c1-21-12-8-7-11(18)13(14(12)17)15(19)9-3-5-10(6-4-9)16(20)22-2/h3-8,18H,1-2H3. The summed E-state index contributed by atoms with van der Waals surface area (Å²) in [7, 11) is 2.50. The number of halogens is 1. The fourth-order valence-electron chi connectivity index (χ4n) is 1.94. The molecular formula is C16H13FO5. The number of phenolic OH excluding ortho intramolecular Hbond substituents is 1. The van der Waals surface area contributed by atoms with Crippen molar-refractivity contribution in [2.45, 2.75) is 0 Å². The van der Waals surface area contributed by atoms with E-state index in [4.69, 9.17) is 4.74 Å². The third-order valence-electron chi connectivity index (χ3n) is 3.10. The number of hydrogen-bond donors (Lipinski definition) is 1. The van der Waals surface area contributed by atoms with Gasteiger partial charge in [-0.05, 0) is 24.3 Å². The van der Waals surface area contributed by atoms with Crippen LogP contribution in [0.5, 0.6) is 11.5 Å². The van der Waals surface area contributed by atoms with Gasteiger partial charge in [0.05, 0.1) is 19.8 Å². The summed E-state index contributed by atoms with van der Waals surface area (Å²) in [4.78, 5) is 23.7. The molecule has 114 valence electrons. The Morgan fingerprint density at radius 1 is 1.00 bits per heavy atom. The van der Waals surface area contributed by atoms with Crippen molar-refractivity contribution >= 4 is 11.8 Å². The molecule has 0 saturated heterocycles. The molecule has 0 aliphatic rings. The van der Waals surface area contributed by atoms with Gasteiger partial charge >= 0.3 is 5.97 Å². The molecule has 0 aliphatic carbocycles. The van der Waals surface area contributed by atoms with E-state index in [1.165, 1.54) is 50.6 Å². The summed E-state index contributed by atoms with van der Waals surface area (Å²) in [5.41, 5.74) is -0.102. The Morgan fingerprint density at radius 2 is 1.59 bits per heavy atom. The van der Waals surface area contributed by atoms with Crippen molar-refractivity contribution in [1.82, 2.24) is 0 Å². The Bertz CT molecular complexity index is 722. The molecule has 2 rings (SSSR count). The number of carbonyl (C=O) groups is 2. The number of ketones is 1. The number of benzene rings is 2. The molecule has 2 aromatic rings. The van der Waals surface area contributed by atoms with Crippen LogP contribution < -0.4 is 4.74 Å². The zero-order valence-corrected chi connectivity index (χ0v) is 11.9. The van der Waals surface area contributed by atoms with E-state index >= 15 is 0 Å². The minimum Gasteiger partial charge on any atom is -0.507 e. The Hall–Kier alpha value is -2.89. The predicted octanol–water partition coefficient (Wildman–Crippen LogP) is 2.56. The number of aromatic hydroxyl groups is 1. The van der Waals surface area contributed by atoms with Crippen molar-refractivity contribution < 1.29 is 28.6 Å². The average Bonchev–Trinajstić information content (AvgIpc) is 2.54. The monoisotopic (exact) mass is 304 g/mol. The second-order valence-corrected chi connectivity index (χ2v) is 4.37. The van der Waals surface area contributed by atoms with Crippen molar-refractivity contribution in [3.05, 3.63) is 58.9 Å². The second kappa shape index (κ2) is 6.26. The van der Waals surface area contributed by atoms with Gasteiger partial charge in [-0.1, -0.05) is 12.1 Å². The molecule has 0 fully saturated rings. The van der Waals surface area contributed by atoms with Gasteiger partial charge in [0, 0.05) is 5.56 Å². The summed E-state index contributed by atoms with van der Waals surface area (Å²) in [5.74, 6) is -2.84. The summed E-state index contributed by atoms with van der Waals surface area (Å²) in [6.45, 7) is 0. The van der Waals surface area contributed by atoms with Crippen LogP contribution in [-0.4, -0.2) is 31.1 Å². The summed E-state index contributed by atoms with van der Waals surface area (Å²) in [6.07, 6.45) is 0. The lowest BCUT2D eigenvalue weighted by atomic mass is 10.0. The number of carbonyl (C=O) groups excluding carboxylic acids is 2. The average molecular weight is 304 g/mol. The van der Waals surface area contributed by atoms with E-state index in [2.05, 4.69) is 4.74 Å². The van der Waals surface area contributed by atoms with E-state index < -0.39 is 28.9 Å². The van der Waals surface area contributed by atoms with Gasteiger partial charge in [-0.15, -0.1) is 0 Å². The van der Waals surface area contributed by atoms with Crippen LogP contribution >= 0.6 is 0 Å². The highest BCUT2D eigenvalue weighted by molar-refractivity contribution is 6.11. The molecule has 0 aromatic heterocycles. The Morgan fingerprint density at radius 3 is 2.14 bits per heavy atom. The van der Waals surface area contributed by atoms with E-state index in [1.807, 2.05) is 0 Å². The Kier molecular flexibility index (Phi) is 4.41. The van der Waals surface area contributed by atoms with Crippen LogP contribution in [0.25, 0.3) is 0 Å². The molecule has 0 aliphatic heterocycles. The van der Waals surface area contributed by atoms with Crippen LogP contribution in [-0.2, 0) is 4.74 Å². The minimum atomic E-state index is -0.940. The maximum atomic E-state index is 14.2. The van der Waals surface area contributed by atoms with Crippen molar-refractivity contribution in [3.63, 3.8) is 0 Å². The molecule has 2 aromatic carbocycles. The van der Waals surface area contributed by atoms with Gasteiger partial charge < -0.3 is 14.6 Å². The van der Waals surface area contributed by atoms with Crippen LogP contribution in [0.3, 0.4) is 0 Å². The third kappa shape index (κ3) is 2.76. The lowest BCUT2D eigenvalue weighted by Crippen LogP contribution is -2.07. The molecule has 6 heteroatoms. The van der Waals surface area contributed by atoms with Crippen LogP contribution in [0.2, 0.25) is 0 Å². The highest BCUT2D eigenvalue weighted by Crippen LogP contribution is 2.30. The zero-order chi connectivity index (χ0) is 16.3. The number of hydrogen-bond acceptors (Lipinski definition) is 5. The second-order valence-electron chi connectivity index (χ2n) is 4.37. The number of esters is 1. The number of phenols is 1.